The molecule has 5 N–H and O–H groups in total. The van der Waals surface area contributed by atoms with Gasteiger partial charge in [0.25, 0.3) is 0 Å². The highest BCUT2D eigenvalue weighted by molar-refractivity contribution is 7.77. The number of amides is 2. The lowest BCUT2D eigenvalue weighted by molar-refractivity contribution is 0.0179. The zero-order valence-corrected chi connectivity index (χ0v) is 32.9. The smallest absolute Gasteiger partial charge is 0.323 e. The summed E-state index contributed by atoms with van der Waals surface area (Å²) in [7, 11) is 3.20. The predicted octanol–water partition coefficient (Wildman–Crippen LogP) is 7.40. The Morgan fingerprint density at radius 3 is 2.27 bits per heavy atom. The Morgan fingerprint density at radius 2 is 1.54 bits per heavy atom. The van der Waals surface area contributed by atoms with Crippen molar-refractivity contribution in [3.8, 4) is 23.1 Å². The maximum atomic E-state index is 13.3. The average Bonchev–Trinajstić information content (AvgIpc) is 3.17. The summed E-state index contributed by atoms with van der Waals surface area (Å²) in [6, 6.07) is 23.2. The molecule has 15 nitrogen and oxygen atoms in total. The monoisotopic (exact) mass is 788 g/mol. The van der Waals surface area contributed by atoms with E-state index in [0.717, 1.165) is 21.9 Å². The molecule has 0 fully saturated rings. The first-order valence-electron chi connectivity index (χ1n) is 17.8. The summed E-state index contributed by atoms with van der Waals surface area (Å²) in [5.74, 6) is 2.26. The molecule has 5 aromatic rings. The van der Waals surface area contributed by atoms with E-state index in [1.165, 1.54) is 0 Å². The van der Waals surface area contributed by atoms with Crippen LogP contribution in [0.3, 0.4) is 0 Å². The van der Waals surface area contributed by atoms with Crippen molar-refractivity contribution in [1.29, 1.82) is 0 Å². The molecule has 0 aliphatic heterocycles. The van der Waals surface area contributed by atoms with Gasteiger partial charge in [0.15, 0.2) is 0 Å². The van der Waals surface area contributed by atoms with Crippen LogP contribution in [0, 0.1) is 0 Å². The molecule has 1 unspecified atom stereocenters. The highest BCUT2D eigenvalue weighted by Crippen LogP contribution is 2.35. The molecule has 56 heavy (non-hydrogen) atoms. The molecule has 0 saturated carbocycles. The molecule has 16 heteroatoms. The number of hydrogen-bond acceptors (Lipinski definition) is 11. The van der Waals surface area contributed by atoms with Crippen LogP contribution < -0.4 is 34.9 Å². The van der Waals surface area contributed by atoms with Crippen LogP contribution in [0.25, 0.3) is 10.8 Å². The highest BCUT2D eigenvalue weighted by Gasteiger charge is 2.17. The predicted molar refractivity (Wildman–Crippen MR) is 217 cm³/mol. The van der Waals surface area contributed by atoms with Crippen molar-refractivity contribution in [2.75, 3.05) is 69.8 Å². The number of hydrogen-bond donors (Lipinski definition) is 5. The molecule has 0 bridgehead atoms. The van der Waals surface area contributed by atoms with Crippen LogP contribution in [-0.4, -0.2) is 78.6 Å². The Labute approximate surface area is 328 Å². The number of methoxy groups -OCH3 is 2. The van der Waals surface area contributed by atoms with E-state index in [2.05, 4.69) is 51.4 Å². The van der Waals surface area contributed by atoms with Crippen LogP contribution in [0.15, 0.2) is 85.1 Å². The van der Waals surface area contributed by atoms with Gasteiger partial charge in [-0.3, -0.25) is 4.55 Å². The Bertz CT molecular complexity index is 2100. The van der Waals surface area contributed by atoms with Gasteiger partial charge in [0.2, 0.25) is 23.1 Å². The fourth-order valence-electron chi connectivity index (χ4n) is 5.43. The SMILES string of the molecule is COCCOCCOCCOc1cc(Nc2nccc(Oc3ccc(NC(=O)Nc4cc(CNS(=O)O)cc(C(C)(C)C)c4)c4ccccc34)n2)cc(OC)c1. The van der Waals surface area contributed by atoms with Crippen molar-refractivity contribution < 1.29 is 42.0 Å². The minimum Gasteiger partial charge on any atom is -0.497 e. The number of benzene rings is 4. The summed E-state index contributed by atoms with van der Waals surface area (Å²) >= 11 is -2.17. The number of carbonyl (C=O) groups excluding carboxylic acids is 1. The van der Waals surface area contributed by atoms with Gasteiger partial charge in [-0.05, 0) is 40.8 Å². The maximum absolute atomic E-state index is 13.3. The lowest BCUT2D eigenvalue weighted by Crippen LogP contribution is -2.21. The first-order valence-corrected chi connectivity index (χ1v) is 18.9. The average molecular weight is 789 g/mol. The number of nitrogens with one attached hydrogen (secondary N) is 4. The third-order valence-electron chi connectivity index (χ3n) is 8.17. The van der Waals surface area contributed by atoms with Crippen LogP contribution in [0.2, 0.25) is 0 Å². The molecular weight excluding hydrogens is 741 g/mol. The molecule has 1 heterocycles. The molecule has 0 aliphatic rings. The van der Waals surface area contributed by atoms with Crippen molar-refractivity contribution in [2.45, 2.75) is 32.7 Å². The number of carbonyl (C=O) groups is 1. The van der Waals surface area contributed by atoms with E-state index in [1.54, 1.807) is 62.9 Å². The van der Waals surface area contributed by atoms with Gasteiger partial charge in [-0.25, -0.2) is 18.7 Å². The van der Waals surface area contributed by atoms with Crippen LogP contribution in [0.4, 0.5) is 27.8 Å². The third kappa shape index (κ3) is 12.9. The molecule has 5 rings (SSSR count). The standard InChI is InChI=1S/C40H48N6O9S/c1-40(2,3)28-20-27(26-42-56(48)49)21-29(22-28)44-39(47)45-35-10-11-36(34-9-7-6-8-33(34)35)55-37-12-13-41-38(46-37)43-30-23-31(51-5)25-32(24-30)54-19-18-53-17-16-52-15-14-50-4/h6-13,20-25,42H,14-19,26H2,1-5H3,(H,48,49)(H,41,43,46)(H2,44,45,47). The Morgan fingerprint density at radius 1 is 0.804 bits per heavy atom. The van der Waals surface area contributed by atoms with Crippen LogP contribution in [0.1, 0.15) is 31.9 Å². The molecule has 0 aliphatic carbocycles. The quantitative estimate of drug-likeness (QED) is 0.0390. The summed E-state index contributed by atoms with van der Waals surface area (Å²) in [5, 5.41) is 10.5. The van der Waals surface area contributed by atoms with Crippen molar-refractivity contribution in [2.24, 2.45) is 0 Å². The Kier molecular flexibility index (Phi) is 15.3. The fourth-order valence-corrected chi connectivity index (χ4v) is 5.72. The second-order valence-corrected chi connectivity index (χ2v) is 14.2. The Balaban J connectivity index is 1.24. The number of fused-ring (bicyclic) bond motifs is 1. The molecule has 0 radical (unpaired) electrons. The van der Waals surface area contributed by atoms with E-state index in [9.17, 15) is 13.6 Å². The van der Waals surface area contributed by atoms with Crippen LogP contribution >= 0.6 is 0 Å². The molecular formula is C40H48N6O9S. The van der Waals surface area contributed by atoms with E-state index in [-0.39, 0.29) is 17.9 Å². The van der Waals surface area contributed by atoms with Crippen LogP contribution in [0.5, 0.6) is 23.1 Å². The largest absolute Gasteiger partial charge is 0.497 e. The van der Waals surface area contributed by atoms with Crippen LogP contribution in [-0.2, 0) is 37.4 Å². The maximum Gasteiger partial charge on any atom is 0.323 e. The van der Waals surface area contributed by atoms with Gasteiger partial charge in [0.05, 0.1) is 45.8 Å². The number of rotatable bonds is 20. The second kappa shape index (κ2) is 20.5. The van der Waals surface area contributed by atoms with Gasteiger partial charge < -0.3 is 44.4 Å². The molecule has 2 amide bonds. The van der Waals surface area contributed by atoms with E-state index in [4.69, 9.17) is 28.4 Å². The van der Waals surface area contributed by atoms with Crippen molar-refractivity contribution in [3.05, 3.63) is 96.2 Å². The van der Waals surface area contributed by atoms with Gasteiger partial charge in [-0.1, -0.05) is 51.1 Å². The summed E-state index contributed by atoms with van der Waals surface area (Å²) in [6.45, 7) is 9.03. The minimum atomic E-state index is -2.17. The number of urea groups is 1. The van der Waals surface area contributed by atoms with E-state index < -0.39 is 17.3 Å². The molecule has 1 aromatic heterocycles. The van der Waals surface area contributed by atoms with Crippen molar-refractivity contribution >= 4 is 51.1 Å². The number of anilines is 4. The minimum absolute atomic E-state index is 0.153. The van der Waals surface area contributed by atoms with Gasteiger partial charge in [-0.15, -0.1) is 0 Å². The highest BCUT2D eigenvalue weighted by atomic mass is 32.2. The lowest BCUT2D eigenvalue weighted by Gasteiger charge is -2.22. The van der Waals surface area contributed by atoms with Crippen molar-refractivity contribution in [3.63, 3.8) is 0 Å². The number of nitrogens with zero attached hydrogens (tertiary/aromatic N) is 2. The lowest BCUT2D eigenvalue weighted by atomic mass is 9.86. The molecule has 298 valence electrons. The summed E-state index contributed by atoms with van der Waals surface area (Å²) in [6.07, 6.45) is 1.58. The molecule has 0 saturated heterocycles. The van der Waals surface area contributed by atoms with Gasteiger partial charge in [0.1, 0.15) is 23.9 Å². The van der Waals surface area contributed by atoms with E-state index in [0.29, 0.717) is 79.8 Å². The normalized spacial score (nSPS) is 11.9. The summed E-state index contributed by atoms with van der Waals surface area (Å²) < 4.78 is 56.5. The second-order valence-electron chi connectivity index (χ2n) is 13.4. The third-order valence-corrected chi connectivity index (χ3v) is 8.56. The summed E-state index contributed by atoms with van der Waals surface area (Å²) in [5.41, 5.74) is 3.24. The molecule has 4 aromatic carbocycles. The van der Waals surface area contributed by atoms with Crippen molar-refractivity contribution in [1.82, 2.24) is 14.7 Å². The molecule has 0 spiro atoms. The first kappa shape index (κ1) is 41.8. The zero-order valence-electron chi connectivity index (χ0n) is 32.0. The van der Waals surface area contributed by atoms with Gasteiger partial charge in [-0.2, -0.15) is 4.98 Å². The summed E-state index contributed by atoms with van der Waals surface area (Å²) in [4.78, 5) is 22.2. The fraction of sp³-hybridized carbons (Fsp3) is 0.325. The van der Waals surface area contributed by atoms with E-state index in [1.807, 2.05) is 36.4 Å². The van der Waals surface area contributed by atoms with Gasteiger partial charge in [0, 0.05) is 66.3 Å². The Hall–Kier alpha value is -5.36. The topological polar surface area (TPSA) is 184 Å². The molecule has 1 atom stereocenters. The number of aromatic nitrogens is 2. The van der Waals surface area contributed by atoms with E-state index >= 15 is 0 Å². The van der Waals surface area contributed by atoms with Gasteiger partial charge >= 0.3 is 6.03 Å². The first-order chi connectivity index (χ1) is 27.0. The zero-order chi connectivity index (χ0) is 39.9. The number of ether oxygens (including phenoxy) is 6.